The van der Waals surface area contributed by atoms with Gasteiger partial charge in [-0.1, -0.05) is 6.07 Å². The lowest BCUT2D eigenvalue weighted by Crippen LogP contribution is -2.33. The first kappa shape index (κ1) is 17.5. The number of ketones is 1. The molecule has 0 fully saturated rings. The Labute approximate surface area is 133 Å². The molecule has 1 amide bonds. The predicted molar refractivity (Wildman–Crippen MR) is 76.2 cm³/mol. The van der Waals surface area contributed by atoms with Crippen LogP contribution in [0.4, 0.5) is 23.2 Å². The minimum atomic E-state index is -1.75. The van der Waals surface area contributed by atoms with Crippen molar-refractivity contribution in [2.45, 2.75) is 13.0 Å². The van der Waals surface area contributed by atoms with Crippen LogP contribution < -0.4 is 11.1 Å². The molecule has 2 rings (SSSR count). The molecule has 2 aromatic rings. The van der Waals surface area contributed by atoms with Gasteiger partial charge in [0.1, 0.15) is 11.6 Å². The van der Waals surface area contributed by atoms with Crippen molar-refractivity contribution in [1.82, 2.24) is 4.98 Å². The van der Waals surface area contributed by atoms with Crippen LogP contribution in [-0.2, 0) is 4.79 Å². The summed E-state index contributed by atoms with van der Waals surface area (Å²) in [6, 6.07) is 1.54. The van der Waals surface area contributed by atoms with Gasteiger partial charge in [-0.25, -0.2) is 18.2 Å². The van der Waals surface area contributed by atoms with E-state index in [1.165, 1.54) is 6.92 Å². The summed E-state index contributed by atoms with van der Waals surface area (Å²) in [4.78, 5) is 27.0. The summed E-state index contributed by atoms with van der Waals surface area (Å²) in [5.74, 6) is -8.24. The third-order valence-electron chi connectivity index (χ3n) is 3.07. The first-order chi connectivity index (χ1) is 11.2. The van der Waals surface area contributed by atoms with E-state index in [1.807, 2.05) is 0 Å². The highest BCUT2D eigenvalue weighted by atomic mass is 19.2. The minimum absolute atomic E-state index is 0.552. The Morgan fingerprint density at radius 2 is 1.71 bits per heavy atom. The van der Waals surface area contributed by atoms with Crippen LogP contribution in [0.5, 0.6) is 0 Å². The van der Waals surface area contributed by atoms with Crippen LogP contribution in [0.1, 0.15) is 22.8 Å². The maximum atomic E-state index is 14.0. The van der Waals surface area contributed by atoms with E-state index < -0.39 is 57.9 Å². The Bertz CT molecular complexity index is 804. The van der Waals surface area contributed by atoms with Crippen LogP contribution in [0.15, 0.2) is 24.4 Å². The Hall–Kier alpha value is -2.81. The molecule has 1 atom stereocenters. The van der Waals surface area contributed by atoms with Crippen LogP contribution in [0, 0.1) is 23.4 Å². The summed E-state index contributed by atoms with van der Waals surface area (Å²) in [6.45, 7) is 1.31. The lowest BCUT2D eigenvalue weighted by molar-refractivity contribution is -0.117. The second kappa shape index (κ2) is 6.75. The number of nitrogens with two attached hydrogens (primary N) is 1. The Balaban J connectivity index is 2.62. The number of rotatable bonds is 4. The van der Waals surface area contributed by atoms with Gasteiger partial charge in [-0.05, 0) is 19.1 Å². The maximum absolute atomic E-state index is 14.0. The van der Waals surface area contributed by atoms with Crippen LogP contribution in [0.25, 0.3) is 0 Å². The number of aromatic nitrogens is 1. The zero-order valence-electron chi connectivity index (χ0n) is 12.2. The van der Waals surface area contributed by atoms with E-state index in [9.17, 15) is 27.2 Å². The van der Waals surface area contributed by atoms with Gasteiger partial charge in [0, 0.05) is 0 Å². The van der Waals surface area contributed by atoms with Gasteiger partial charge < -0.3 is 11.1 Å². The van der Waals surface area contributed by atoms with Crippen molar-refractivity contribution >= 4 is 17.4 Å². The van der Waals surface area contributed by atoms with Gasteiger partial charge in [0.25, 0.3) is 0 Å². The highest BCUT2D eigenvalue weighted by Gasteiger charge is 2.28. The number of nitrogens with one attached hydrogen (secondary N) is 1. The molecule has 1 unspecified atom stereocenters. The quantitative estimate of drug-likeness (QED) is 0.507. The summed E-state index contributed by atoms with van der Waals surface area (Å²) in [6.07, 6.45) is 0.657. The molecule has 0 radical (unpaired) electrons. The number of hydrogen-bond acceptors (Lipinski definition) is 4. The van der Waals surface area contributed by atoms with E-state index in [2.05, 4.69) is 10.3 Å². The molecule has 0 aliphatic carbocycles. The summed E-state index contributed by atoms with van der Waals surface area (Å²) in [5.41, 5.74) is 2.64. The van der Waals surface area contributed by atoms with Crippen molar-refractivity contribution in [2.75, 3.05) is 5.32 Å². The summed E-state index contributed by atoms with van der Waals surface area (Å²) in [7, 11) is 0. The van der Waals surface area contributed by atoms with Crippen molar-refractivity contribution in [3.05, 3.63) is 58.9 Å². The van der Waals surface area contributed by atoms with Crippen LogP contribution in [0.2, 0.25) is 0 Å². The van der Waals surface area contributed by atoms with E-state index in [0.29, 0.717) is 6.20 Å². The molecule has 0 saturated carbocycles. The second-order valence-electron chi connectivity index (χ2n) is 4.86. The molecule has 3 N–H and O–H groups in total. The Morgan fingerprint density at radius 1 is 1.12 bits per heavy atom. The first-order valence-corrected chi connectivity index (χ1v) is 6.63. The van der Waals surface area contributed by atoms with Crippen molar-refractivity contribution in [2.24, 2.45) is 5.73 Å². The standard InChI is InChI=1S/C15H11F4N3O2/c1-6(20)15(24)22-9-5-21-14(19)12(18)11(9)13(23)10-7(16)3-2-4-8(10)17/h2-6H,20H2,1H3,(H,22,24). The molecule has 0 bridgehead atoms. The molecular formula is C15H11F4N3O2. The topological polar surface area (TPSA) is 85.1 Å². The van der Waals surface area contributed by atoms with Gasteiger partial charge in [0.05, 0.1) is 29.1 Å². The smallest absolute Gasteiger partial charge is 0.249 e. The average molecular weight is 341 g/mol. The number of carbonyl (C=O) groups is 2. The van der Waals surface area contributed by atoms with Crippen molar-refractivity contribution in [3.8, 4) is 0 Å². The van der Waals surface area contributed by atoms with E-state index in [0.717, 1.165) is 18.2 Å². The van der Waals surface area contributed by atoms with Gasteiger partial charge in [0.15, 0.2) is 5.82 Å². The third-order valence-corrected chi connectivity index (χ3v) is 3.07. The molecule has 24 heavy (non-hydrogen) atoms. The van der Waals surface area contributed by atoms with Crippen molar-refractivity contribution in [1.29, 1.82) is 0 Å². The Morgan fingerprint density at radius 3 is 2.25 bits per heavy atom. The number of carbonyl (C=O) groups excluding carboxylic acids is 2. The van der Waals surface area contributed by atoms with Crippen molar-refractivity contribution < 1.29 is 27.2 Å². The van der Waals surface area contributed by atoms with Gasteiger partial charge in [-0.15, -0.1) is 0 Å². The normalized spacial score (nSPS) is 11.9. The highest BCUT2D eigenvalue weighted by molar-refractivity contribution is 6.14. The summed E-state index contributed by atoms with van der Waals surface area (Å²) in [5, 5.41) is 2.07. The van der Waals surface area contributed by atoms with Crippen molar-refractivity contribution in [3.63, 3.8) is 0 Å². The molecule has 1 aromatic heterocycles. The van der Waals surface area contributed by atoms with Gasteiger partial charge in [-0.3, -0.25) is 9.59 Å². The molecule has 0 spiro atoms. The van der Waals surface area contributed by atoms with Crippen LogP contribution >= 0.6 is 0 Å². The van der Waals surface area contributed by atoms with E-state index >= 15 is 0 Å². The zero-order chi connectivity index (χ0) is 18.0. The molecule has 9 heteroatoms. The van der Waals surface area contributed by atoms with E-state index in [1.54, 1.807) is 0 Å². The predicted octanol–water partition coefficient (Wildman–Crippen LogP) is 2.15. The van der Waals surface area contributed by atoms with E-state index in [-0.39, 0.29) is 0 Å². The number of hydrogen-bond donors (Lipinski definition) is 2. The Kier molecular flexibility index (Phi) is 4.93. The average Bonchev–Trinajstić information content (AvgIpc) is 2.50. The molecule has 1 aromatic carbocycles. The number of halogens is 4. The molecular weight excluding hydrogens is 330 g/mol. The largest absolute Gasteiger partial charge is 0.323 e. The summed E-state index contributed by atoms with van der Waals surface area (Å²) >= 11 is 0. The highest BCUT2D eigenvalue weighted by Crippen LogP contribution is 2.26. The number of anilines is 1. The number of pyridine rings is 1. The lowest BCUT2D eigenvalue weighted by atomic mass is 10.0. The van der Waals surface area contributed by atoms with Gasteiger partial charge in [-0.2, -0.15) is 4.39 Å². The third kappa shape index (κ3) is 3.25. The summed E-state index contributed by atoms with van der Waals surface area (Å²) < 4.78 is 54.9. The SMILES string of the molecule is CC(N)C(=O)Nc1cnc(F)c(F)c1C(=O)c1c(F)cccc1F. The lowest BCUT2D eigenvalue weighted by Gasteiger charge is -2.13. The van der Waals surface area contributed by atoms with Gasteiger partial charge in [0.2, 0.25) is 17.6 Å². The van der Waals surface area contributed by atoms with E-state index in [4.69, 9.17) is 5.73 Å². The molecule has 0 aliphatic rings. The minimum Gasteiger partial charge on any atom is -0.323 e. The molecule has 1 heterocycles. The number of nitrogens with zero attached hydrogens (tertiary/aromatic N) is 1. The molecule has 0 saturated heterocycles. The molecule has 5 nitrogen and oxygen atoms in total. The molecule has 0 aliphatic heterocycles. The zero-order valence-corrected chi connectivity index (χ0v) is 12.2. The maximum Gasteiger partial charge on any atom is 0.249 e. The first-order valence-electron chi connectivity index (χ1n) is 6.63. The number of amides is 1. The second-order valence-corrected chi connectivity index (χ2v) is 4.86. The van der Waals surface area contributed by atoms with Crippen LogP contribution in [0.3, 0.4) is 0 Å². The van der Waals surface area contributed by atoms with Crippen LogP contribution in [-0.4, -0.2) is 22.7 Å². The number of benzene rings is 1. The monoisotopic (exact) mass is 341 g/mol. The fraction of sp³-hybridized carbons (Fsp3) is 0.133. The fourth-order valence-corrected chi connectivity index (χ4v) is 1.87. The fourth-order valence-electron chi connectivity index (χ4n) is 1.87. The molecule has 126 valence electrons. The van der Waals surface area contributed by atoms with Gasteiger partial charge >= 0.3 is 0 Å².